The normalized spacial score (nSPS) is 19.0. The van der Waals surface area contributed by atoms with Crippen molar-refractivity contribution in [3.63, 3.8) is 0 Å². The molecule has 57 heavy (non-hydrogen) atoms. The van der Waals surface area contributed by atoms with E-state index >= 15 is 0 Å². The Hall–Kier alpha value is -3.33. The number of hydrogen-bond donors (Lipinski definition) is 0. The Morgan fingerprint density at radius 1 is 0.421 bits per heavy atom. The molecule has 0 fully saturated rings. The number of allylic oxidation sites excluding steroid dienone is 2. The molecule has 0 nitrogen and oxygen atoms in total. The zero-order valence-corrected chi connectivity index (χ0v) is 43.0. The van der Waals surface area contributed by atoms with Crippen LogP contribution in [0.15, 0.2) is 115 Å². The first-order chi connectivity index (χ1) is 26.0. The second-order valence-electron chi connectivity index (χ2n) is 25.3. The molecule has 5 aromatic carbocycles. The topological polar surface area (TPSA) is 0 Å². The van der Waals surface area contributed by atoms with Gasteiger partial charge in [-0.15, -0.1) is 0 Å². The number of hydrogen-bond acceptors (Lipinski definition) is 0. The Bertz CT molecular complexity index is 2410. The summed E-state index contributed by atoms with van der Waals surface area (Å²) in [4.78, 5) is 0. The van der Waals surface area contributed by atoms with Crippen LogP contribution in [0.4, 0.5) is 0 Å². The van der Waals surface area contributed by atoms with Crippen molar-refractivity contribution in [2.75, 3.05) is 0 Å². The van der Waals surface area contributed by atoms with Crippen LogP contribution in [-0.4, -0.2) is 6.94 Å². The van der Waals surface area contributed by atoms with E-state index in [1.807, 2.05) is 0 Å². The van der Waals surface area contributed by atoms with Gasteiger partial charge < -0.3 is 0 Å². The number of rotatable bonds is 5. The van der Waals surface area contributed by atoms with Crippen LogP contribution >= 0.6 is 0 Å². The summed E-state index contributed by atoms with van der Waals surface area (Å²) in [5.74, 6) is 0. The van der Waals surface area contributed by atoms with Crippen LogP contribution in [0, 0.1) is 0 Å². The second kappa shape index (κ2) is 12.1. The van der Waals surface area contributed by atoms with Gasteiger partial charge in [0.05, 0.1) is 0 Å². The average Bonchev–Trinajstić information content (AvgIpc) is 3.77. The van der Waals surface area contributed by atoms with Crippen LogP contribution in [-0.2, 0) is 35.8 Å². The summed E-state index contributed by atoms with van der Waals surface area (Å²) in [6, 6.07) is 40.9. The molecule has 298 valence electrons. The average molecular weight is 938 g/mol. The summed E-state index contributed by atoms with van der Waals surface area (Å²) in [6.07, 6.45) is 10.3. The zero-order chi connectivity index (χ0) is 41.9. The molecule has 2 aliphatic rings. The van der Waals surface area contributed by atoms with Crippen molar-refractivity contribution in [3.8, 4) is 22.3 Å². The van der Waals surface area contributed by atoms with E-state index in [2.05, 4.69) is 231 Å². The van der Waals surface area contributed by atoms with Crippen molar-refractivity contribution in [1.82, 2.24) is 0 Å². The summed E-state index contributed by atoms with van der Waals surface area (Å²) < 4.78 is 10.4. The van der Waals surface area contributed by atoms with Crippen LogP contribution in [0.1, 0.15) is 135 Å². The second-order valence-corrected chi connectivity index (χ2v) is 103. The summed E-state index contributed by atoms with van der Waals surface area (Å²) in [6.45, 7) is 30.6. The summed E-state index contributed by atoms with van der Waals surface area (Å²) in [5, 5.41) is 0. The van der Waals surface area contributed by atoms with Crippen molar-refractivity contribution in [3.05, 3.63) is 160 Å². The van der Waals surface area contributed by atoms with Gasteiger partial charge in [-0.3, -0.25) is 0 Å². The van der Waals surface area contributed by atoms with Crippen LogP contribution in [0.3, 0.4) is 0 Å². The molecule has 0 aromatic heterocycles. The van der Waals surface area contributed by atoms with E-state index in [0.29, 0.717) is 0 Å². The third-order valence-corrected chi connectivity index (χ3v) is 61.8. The molecule has 0 saturated heterocycles. The standard InChI is InChI=1S/2C23H27.C6H5.3CH3.Hf.H2Si/c2*1-22(2,3)18-13-17(14-19(15-18)23(4,5)6)21-12-8-10-16-9-7-11-20(16)21;1-2-4-6-5-3-1;;;;;/h2*7-15H,1-6H3;1-5H;3*1H3;;1H2. The Morgan fingerprint density at radius 2 is 0.754 bits per heavy atom. The zero-order valence-electron chi connectivity index (χ0n) is 38.0. The van der Waals surface area contributed by atoms with Gasteiger partial charge >= 0.3 is 345 Å². The first kappa shape index (κ1) is 41.8. The molecule has 0 aliphatic heterocycles. The summed E-state index contributed by atoms with van der Waals surface area (Å²) in [7, 11) is 0. The van der Waals surface area contributed by atoms with Crippen LogP contribution < -0.4 is 3.32 Å². The van der Waals surface area contributed by atoms with Crippen molar-refractivity contribution in [2.45, 2.75) is 126 Å². The molecule has 0 saturated carbocycles. The van der Waals surface area contributed by atoms with Crippen molar-refractivity contribution < 1.29 is 14.2 Å². The Labute approximate surface area is 342 Å². The van der Waals surface area contributed by atoms with Gasteiger partial charge in [0.2, 0.25) is 0 Å². The van der Waals surface area contributed by atoms with Gasteiger partial charge in [-0.1, -0.05) is 0 Å². The number of fused-ring (bicyclic) bond motifs is 2. The molecule has 0 N–H and O–H groups in total. The molecule has 0 amide bonds. The molecule has 7 rings (SSSR count). The third-order valence-electron chi connectivity index (χ3n) is 15.0. The predicted octanol–water partition coefficient (Wildman–Crippen LogP) is 14.8. The van der Waals surface area contributed by atoms with E-state index in [1.54, 1.807) is 0 Å². The quantitative estimate of drug-likeness (QED) is 0.154. The Morgan fingerprint density at radius 3 is 1.07 bits per heavy atom. The van der Waals surface area contributed by atoms with E-state index < -0.39 is 14.2 Å². The monoisotopic (exact) mass is 938 g/mol. The molecule has 2 aliphatic carbocycles. The van der Waals surface area contributed by atoms with Gasteiger partial charge in [0.15, 0.2) is 0 Å². The van der Waals surface area contributed by atoms with Crippen LogP contribution in [0.2, 0.25) is 14.0 Å². The fourth-order valence-electron chi connectivity index (χ4n) is 10.7. The Kier molecular flexibility index (Phi) is 8.90. The molecule has 5 aromatic rings. The van der Waals surface area contributed by atoms with E-state index in [0.717, 1.165) is 0 Å². The SMILES string of the molecule is CC(C)(C)c1cc(-c2cccc3c2C=C[CH]3[Hf]([CH3])([CH3])([CH3])(=[SiH2])([c]2ccccc2)[CH]2C=Cc3c(-c4cc(C(C)(C)C)cc(C(C)(C)C)c4)cccc32)cc(C(C)(C)C)c1. The maximum atomic E-state index is 2.79. The van der Waals surface area contributed by atoms with E-state index in [-0.39, 0.29) is 29.0 Å². The molecule has 2 atom stereocenters. The molecule has 0 bridgehead atoms. The molecular formula is C55H70HfSi. The summed E-state index contributed by atoms with van der Waals surface area (Å²) >= 11 is -5.53. The van der Waals surface area contributed by atoms with Crippen molar-refractivity contribution >= 4 is 22.4 Å². The van der Waals surface area contributed by atoms with E-state index in [1.165, 1.54) is 70.1 Å². The van der Waals surface area contributed by atoms with Gasteiger partial charge in [0.1, 0.15) is 0 Å². The van der Waals surface area contributed by atoms with Gasteiger partial charge in [-0.2, -0.15) is 0 Å². The van der Waals surface area contributed by atoms with Gasteiger partial charge in [0.25, 0.3) is 0 Å². The summed E-state index contributed by atoms with van der Waals surface area (Å²) in [5.41, 5.74) is 16.9. The van der Waals surface area contributed by atoms with Crippen molar-refractivity contribution in [1.29, 1.82) is 0 Å². The number of benzene rings is 5. The Balaban J connectivity index is 1.48. The first-order valence-electron chi connectivity index (χ1n) is 21.5. The van der Waals surface area contributed by atoms with Gasteiger partial charge in [0, 0.05) is 0 Å². The van der Waals surface area contributed by atoms with Crippen molar-refractivity contribution in [2.24, 2.45) is 0 Å². The van der Waals surface area contributed by atoms with Crippen LogP contribution in [0.5, 0.6) is 0 Å². The predicted molar refractivity (Wildman–Crippen MR) is 254 cm³/mol. The van der Waals surface area contributed by atoms with Gasteiger partial charge in [-0.25, -0.2) is 0 Å². The maximum absolute atomic E-state index is 5.53. The fourth-order valence-corrected chi connectivity index (χ4v) is 48.7. The fraction of sp³-hybridized carbons (Fsp3) is 0.382. The first-order valence-corrected chi connectivity index (χ1v) is 46.6. The molecule has 0 radical (unpaired) electrons. The minimum atomic E-state index is -5.53. The minimum absolute atomic E-state index is 0.0487. The molecular weight excluding hydrogens is 867 g/mol. The van der Waals surface area contributed by atoms with E-state index in [9.17, 15) is 0 Å². The molecule has 0 heterocycles. The molecule has 2 heteroatoms. The molecule has 2 unspecified atom stereocenters. The third kappa shape index (κ3) is 6.64. The van der Waals surface area contributed by atoms with Crippen LogP contribution in [0.25, 0.3) is 34.4 Å². The van der Waals surface area contributed by atoms with E-state index in [4.69, 9.17) is 0 Å². The van der Waals surface area contributed by atoms with Gasteiger partial charge in [-0.05, 0) is 0 Å². The molecule has 0 spiro atoms.